The summed E-state index contributed by atoms with van der Waals surface area (Å²) in [4.78, 5) is 0. The van der Waals surface area contributed by atoms with Crippen LogP contribution >= 0.6 is 0 Å². The van der Waals surface area contributed by atoms with Crippen LogP contribution in [0.25, 0.3) is 11.1 Å². The third-order valence-electron chi connectivity index (χ3n) is 3.48. The Balaban J connectivity index is 2.27. The van der Waals surface area contributed by atoms with Gasteiger partial charge < -0.3 is 5.32 Å². The lowest BCUT2D eigenvalue weighted by atomic mass is 10.0. The molecule has 0 aliphatic heterocycles. The van der Waals surface area contributed by atoms with E-state index in [1.165, 1.54) is 28.8 Å². The summed E-state index contributed by atoms with van der Waals surface area (Å²) in [5, 5.41) is 7.94. The van der Waals surface area contributed by atoms with Crippen LogP contribution in [0.1, 0.15) is 30.3 Å². The normalized spacial score (nSPS) is 10.9. The summed E-state index contributed by atoms with van der Waals surface area (Å²) in [6.45, 7) is 8.38. The second kappa shape index (κ2) is 6.02. The molecule has 0 saturated heterocycles. The van der Waals surface area contributed by atoms with Gasteiger partial charge >= 0.3 is 0 Å². The summed E-state index contributed by atoms with van der Waals surface area (Å²) in [6.07, 6.45) is 1.17. The van der Waals surface area contributed by atoms with Gasteiger partial charge in [-0.1, -0.05) is 25.1 Å². The first-order valence-corrected chi connectivity index (χ1v) is 6.93. The molecule has 3 nitrogen and oxygen atoms in total. The molecule has 1 aromatic carbocycles. The van der Waals surface area contributed by atoms with E-state index in [2.05, 4.69) is 55.5 Å². The van der Waals surface area contributed by atoms with Crippen molar-refractivity contribution < 1.29 is 0 Å². The molecule has 1 N–H and O–H groups in total. The smallest absolute Gasteiger partial charge is 0.0674 e. The Morgan fingerprint density at radius 3 is 2.68 bits per heavy atom. The Hall–Kier alpha value is -1.61. The standard InChI is InChI=1S/C16H23N3/c1-5-9-17-11-14-7-6-8-15(10-14)16-12(2)18-19(4)13(16)3/h6-8,10,17H,5,9,11H2,1-4H3. The second-order valence-corrected chi connectivity index (χ2v) is 5.05. The Bertz CT molecular complexity index is 555. The van der Waals surface area contributed by atoms with Crippen LogP contribution in [0.2, 0.25) is 0 Å². The van der Waals surface area contributed by atoms with E-state index in [0.717, 1.165) is 18.8 Å². The molecule has 19 heavy (non-hydrogen) atoms. The topological polar surface area (TPSA) is 29.9 Å². The predicted molar refractivity (Wildman–Crippen MR) is 80.1 cm³/mol. The maximum Gasteiger partial charge on any atom is 0.0674 e. The van der Waals surface area contributed by atoms with Gasteiger partial charge in [0.2, 0.25) is 0 Å². The van der Waals surface area contributed by atoms with Crippen LogP contribution in [0.5, 0.6) is 0 Å². The molecule has 0 spiro atoms. The fraction of sp³-hybridized carbons (Fsp3) is 0.438. The Morgan fingerprint density at radius 1 is 1.26 bits per heavy atom. The maximum atomic E-state index is 4.49. The number of aromatic nitrogens is 2. The highest BCUT2D eigenvalue weighted by Crippen LogP contribution is 2.27. The fourth-order valence-electron chi connectivity index (χ4n) is 2.44. The zero-order chi connectivity index (χ0) is 13.8. The summed E-state index contributed by atoms with van der Waals surface area (Å²) in [5.74, 6) is 0. The largest absolute Gasteiger partial charge is 0.313 e. The number of benzene rings is 1. The second-order valence-electron chi connectivity index (χ2n) is 5.05. The van der Waals surface area contributed by atoms with Gasteiger partial charge in [-0.2, -0.15) is 5.10 Å². The van der Waals surface area contributed by atoms with Gasteiger partial charge in [0, 0.05) is 24.8 Å². The third kappa shape index (κ3) is 3.04. The molecule has 0 bridgehead atoms. The quantitative estimate of drug-likeness (QED) is 0.834. The van der Waals surface area contributed by atoms with Gasteiger partial charge in [-0.25, -0.2) is 0 Å². The van der Waals surface area contributed by atoms with Gasteiger partial charge in [-0.15, -0.1) is 0 Å². The van der Waals surface area contributed by atoms with Crippen LogP contribution in [0.4, 0.5) is 0 Å². The third-order valence-corrected chi connectivity index (χ3v) is 3.48. The number of hydrogen-bond donors (Lipinski definition) is 1. The Kier molecular flexibility index (Phi) is 4.38. The molecule has 1 heterocycles. The summed E-state index contributed by atoms with van der Waals surface area (Å²) < 4.78 is 1.95. The van der Waals surface area contributed by atoms with Crippen molar-refractivity contribution in [1.82, 2.24) is 15.1 Å². The van der Waals surface area contributed by atoms with Gasteiger partial charge in [0.1, 0.15) is 0 Å². The molecule has 102 valence electrons. The van der Waals surface area contributed by atoms with E-state index in [-0.39, 0.29) is 0 Å². The van der Waals surface area contributed by atoms with Crippen molar-refractivity contribution in [2.75, 3.05) is 6.54 Å². The van der Waals surface area contributed by atoms with Gasteiger partial charge in [-0.3, -0.25) is 4.68 Å². The molecule has 0 fully saturated rings. The van der Waals surface area contributed by atoms with Gasteiger partial charge in [0.25, 0.3) is 0 Å². The highest BCUT2D eigenvalue weighted by molar-refractivity contribution is 5.69. The van der Waals surface area contributed by atoms with Crippen molar-refractivity contribution in [1.29, 1.82) is 0 Å². The minimum absolute atomic E-state index is 0.931. The molecule has 0 aliphatic carbocycles. The van der Waals surface area contributed by atoms with E-state index in [1.807, 2.05) is 11.7 Å². The van der Waals surface area contributed by atoms with E-state index in [9.17, 15) is 0 Å². The molecule has 1 aromatic heterocycles. The molecule has 2 rings (SSSR count). The van der Waals surface area contributed by atoms with Gasteiger partial charge in [-0.05, 0) is 44.0 Å². The average molecular weight is 257 g/mol. The van der Waals surface area contributed by atoms with E-state index < -0.39 is 0 Å². The first-order valence-electron chi connectivity index (χ1n) is 6.93. The molecular formula is C16H23N3. The van der Waals surface area contributed by atoms with Crippen LogP contribution in [-0.4, -0.2) is 16.3 Å². The lowest BCUT2D eigenvalue weighted by molar-refractivity contribution is 0.675. The van der Waals surface area contributed by atoms with Crippen LogP contribution in [0.15, 0.2) is 24.3 Å². The van der Waals surface area contributed by atoms with E-state index in [0.29, 0.717) is 0 Å². The van der Waals surface area contributed by atoms with Crippen LogP contribution in [-0.2, 0) is 13.6 Å². The zero-order valence-electron chi connectivity index (χ0n) is 12.3. The minimum Gasteiger partial charge on any atom is -0.313 e. The van der Waals surface area contributed by atoms with E-state index in [1.54, 1.807) is 0 Å². The van der Waals surface area contributed by atoms with Gasteiger partial charge in [0.15, 0.2) is 0 Å². The molecule has 0 unspecified atom stereocenters. The molecule has 3 heteroatoms. The molecular weight excluding hydrogens is 234 g/mol. The molecule has 0 aliphatic rings. The fourth-order valence-corrected chi connectivity index (χ4v) is 2.44. The SMILES string of the molecule is CCCNCc1cccc(-c2c(C)nn(C)c2C)c1. The highest BCUT2D eigenvalue weighted by Gasteiger charge is 2.11. The Labute approximate surface area is 115 Å². The number of nitrogens with zero attached hydrogens (tertiary/aromatic N) is 2. The van der Waals surface area contributed by atoms with E-state index in [4.69, 9.17) is 0 Å². The molecule has 0 radical (unpaired) electrons. The van der Waals surface area contributed by atoms with Crippen LogP contribution < -0.4 is 5.32 Å². The lowest BCUT2D eigenvalue weighted by Crippen LogP contribution is -2.13. The van der Waals surface area contributed by atoms with Crippen molar-refractivity contribution in [2.45, 2.75) is 33.7 Å². The lowest BCUT2D eigenvalue weighted by Gasteiger charge is -2.07. The van der Waals surface area contributed by atoms with Crippen molar-refractivity contribution in [3.8, 4) is 11.1 Å². The Morgan fingerprint density at radius 2 is 2.05 bits per heavy atom. The number of rotatable bonds is 5. The van der Waals surface area contributed by atoms with Gasteiger partial charge in [0.05, 0.1) is 5.69 Å². The first kappa shape index (κ1) is 13.8. The number of hydrogen-bond acceptors (Lipinski definition) is 2. The first-order chi connectivity index (χ1) is 9.13. The van der Waals surface area contributed by atoms with Crippen molar-refractivity contribution in [3.63, 3.8) is 0 Å². The van der Waals surface area contributed by atoms with Crippen molar-refractivity contribution >= 4 is 0 Å². The van der Waals surface area contributed by atoms with Crippen LogP contribution in [0.3, 0.4) is 0 Å². The van der Waals surface area contributed by atoms with Crippen LogP contribution in [0, 0.1) is 13.8 Å². The number of aryl methyl sites for hydroxylation is 2. The monoisotopic (exact) mass is 257 g/mol. The molecule has 0 amide bonds. The summed E-state index contributed by atoms with van der Waals surface area (Å²) in [5.41, 5.74) is 6.17. The maximum absolute atomic E-state index is 4.49. The number of nitrogens with one attached hydrogen (secondary N) is 1. The molecule has 2 aromatic rings. The van der Waals surface area contributed by atoms with E-state index >= 15 is 0 Å². The molecule has 0 atom stereocenters. The summed E-state index contributed by atoms with van der Waals surface area (Å²) in [6, 6.07) is 8.73. The minimum atomic E-state index is 0.931. The van der Waals surface area contributed by atoms with Crippen molar-refractivity contribution in [2.24, 2.45) is 7.05 Å². The zero-order valence-corrected chi connectivity index (χ0v) is 12.3. The molecule has 0 saturated carbocycles. The predicted octanol–water partition coefficient (Wildman–Crippen LogP) is 3.20. The summed E-state index contributed by atoms with van der Waals surface area (Å²) in [7, 11) is 2.00. The van der Waals surface area contributed by atoms with Crippen molar-refractivity contribution in [3.05, 3.63) is 41.2 Å². The summed E-state index contributed by atoms with van der Waals surface area (Å²) >= 11 is 0. The highest BCUT2D eigenvalue weighted by atomic mass is 15.3. The average Bonchev–Trinajstić information content (AvgIpc) is 2.64.